The number of rotatable bonds is 3. The van der Waals surface area contributed by atoms with Gasteiger partial charge in [0.1, 0.15) is 11.8 Å². The number of phenolic OH excluding ortho intramolecular Hbond substituents is 1. The van der Waals surface area contributed by atoms with Crippen molar-refractivity contribution in [2.75, 3.05) is 7.05 Å². The molecule has 1 unspecified atom stereocenters. The molecule has 2 aromatic carbocycles. The Bertz CT molecular complexity index is 798. The first-order valence-corrected chi connectivity index (χ1v) is 9.50. The van der Waals surface area contributed by atoms with Gasteiger partial charge in [0.2, 0.25) is 0 Å². The van der Waals surface area contributed by atoms with E-state index in [0.29, 0.717) is 5.06 Å². The third kappa shape index (κ3) is 4.47. The van der Waals surface area contributed by atoms with Crippen LogP contribution in [0.3, 0.4) is 0 Å². The fourth-order valence-electron chi connectivity index (χ4n) is 3.30. The summed E-state index contributed by atoms with van der Waals surface area (Å²) in [6.45, 7) is 12.2. The maximum atomic E-state index is 12.2. The maximum Gasteiger partial charge on any atom is 0.341 e. The van der Waals surface area contributed by atoms with E-state index in [1.54, 1.807) is 0 Å². The number of phenols is 1. The van der Waals surface area contributed by atoms with Crippen LogP contribution in [0.2, 0.25) is 0 Å². The van der Waals surface area contributed by atoms with Crippen molar-refractivity contribution in [2.24, 2.45) is 0 Å². The largest absolute Gasteiger partial charge is 0.507 e. The van der Waals surface area contributed by atoms with Gasteiger partial charge in [0.05, 0.1) is 0 Å². The molecule has 0 saturated heterocycles. The monoisotopic (exact) mass is 384 g/mol. The number of aromatic hydroxyl groups is 1. The van der Waals surface area contributed by atoms with Gasteiger partial charge in [-0.05, 0) is 45.2 Å². The Balaban J connectivity index is 2.80. The van der Waals surface area contributed by atoms with Gasteiger partial charge in [-0.3, -0.25) is 5.21 Å². The molecule has 2 amide bonds. The zero-order chi connectivity index (χ0) is 21.3. The summed E-state index contributed by atoms with van der Waals surface area (Å²) in [6, 6.07) is 11.8. The molecule has 0 aliphatic heterocycles. The number of hydrogen-bond acceptors (Lipinski definition) is 3. The van der Waals surface area contributed by atoms with Crippen molar-refractivity contribution in [1.29, 1.82) is 0 Å². The molecule has 0 aliphatic carbocycles. The van der Waals surface area contributed by atoms with Crippen LogP contribution >= 0.6 is 0 Å². The molecular formula is C23H32N2O3. The van der Waals surface area contributed by atoms with Crippen LogP contribution in [0.25, 0.3) is 0 Å². The number of hydrogen-bond donors (Lipinski definition) is 3. The Kier molecular flexibility index (Phi) is 6.09. The minimum Gasteiger partial charge on any atom is -0.507 e. The smallest absolute Gasteiger partial charge is 0.341 e. The van der Waals surface area contributed by atoms with Gasteiger partial charge in [0, 0.05) is 7.05 Å². The zero-order valence-electron chi connectivity index (χ0n) is 17.9. The highest BCUT2D eigenvalue weighted by Gasteiger charge is 2.31. The topological polar surface area (TPSA) is 72.8 Å². The molecule has 0 fully saturated rings. The third-order valence-electron chi connectivity index (χ3n) is 4.85. The van der Waals surface area contributed by atoms with Gasteiger partial charge in [0.15, 0.2) is 0 Å². The van der Waals surface area contributed by atoms with Crippen LogP contribution < -0.4 is 5.32 Å². The fourth-order valence-corrected chi connectivity index (χ4v) is 3.30. The summed E-state index contributed by atoms with van der Waals surface area (Å²) in [5.74, 6) is 0.264. The van der Waals surface area contributed by atoms with E-state index < -0.39 is 12.1 Å². The number of hydroxylamine groups is 2. The predicted molar refractivity (Wildman–Crippen MR) is 112 cm³/mol. The highest BCUT2D eigenvalue weighted by molar-refractivity contribution is 5.73. The Hall–Kier alpha value is -2.53. The third-order valence-corrected chi connectivity index (χ3v) is 4.85. The molecule has 0 aromatic heterocycles. The van der Waals surface area contributed by atoms with E-state index in [4.69, 9.17) is 0 Å². The first-order chi connectivity index (χ1) is 12.9. The van der Waals surface area contributed by atoms with Gasteiger partial charge in [0.25, 0.3) is 0 Å². The highest BCUT2D eigenvalue weighted by atomic mass is 16.5. The second kappa shape index (κ2) is 7.84. The van der Waals surface area contributed by atoms with Crippen LogP contribution in [-0.2, 0) is 10.8 Å². The summed E-state index contributed by atoms with van der Waals surface area (Å²) in [6.07, 6.45) is 0. The fraction of sp³-hybridized carbons (Fsp3) is 0.435. The van der Waals surface area contributed by atoms with Crippen molar-refractivity contribution < 1.29 is 15.1 Å². The van der Waals surface area contributed by atoms with Crippen molar-refractivity contribution in [1.82, 2.24) is 10.4 Å². The van der Waals surface area contributed by atoms with E-state index in [9.17, 15) is 15.1 Å². The van der Waals surface area contributed by atoms with Gasteiger partial charge in [-0.1, -0.05) is 71.9 Å². The van der Waals surface area contributed by atoms with Crippen LogP contribution in [0.15, 0.2) is 42.5 Å². The van der Waals surface area contributed by atoms with Crippen LogP contribution in [0.1, 0.15) is 69.8 Å². The van der Waals surface area contributed by atoms with Crippen molar-refractivity contribution in [2.45, 2.75) is 58.4 Å². The Labute approximate surface area is 168 Å². The lowest BCUT2D eigenvalue weighted by atomic mass is 9.77. The molecule has 152 valence electrons. The summed E-state index contributed by atoms with van der Waals surface area (Å²) in [7, 11) is 1.48. The average molecular weight is 385 g/mol. The molecular weight excluding hydrogens is 352 g/mol. The van der Waals surface area contributed by atoms with Crippen molar-refractivity contribution in [3.63, 3.8) is 0 Å². The summed E-state index contributed by atoms with van der Waals surface area (Å²) in [4.78, 5) is 12.2. The van der Waals surface area contributed by atoms with E-state index in [2.05, 4.69) is 5.32 Å². The lowest BCUT2D eigenvalue weighted by Crippen LogP contribution is -2.39. The molecule has 0 spiro atoms. The lowest BCUT2D eigenvalue weighted by Gasteiger charge is -2.32. The number of benzene rings is 2. The quantitative estimate of drug-likeness (QED) is 0.509. The number of carbonyl (C=O) groups is 1. The summed E-state index contributed by atoms with van der Waals surface area (Å²) in [5.41, 5.74) is 2.45. The Morgan fingerprint density at radius 1 is 0.929 bits per heavy atom. The zero-order valence-corrected chi connectivity index (χ0v) is 17.9. The van der Waals surface area contributed by atoms with Gasteiger partial charge in [-0.25, -0.2) is 4.79 Å². The molecule has 0 bridgehead atoms. The minimum absolute atomic E-state index is 0.264. The van der Waals surface area contributed by atoms with E-state index in [1.165, 1.54) is 7.05 Å². The van der Waals surface area contributed by atoms with E-state index in [0.717, 1.165) is 22.3 Å². The first kappa shape index (κ1) is 21.8. The molecule has 0 saturated carbocycles. The molecule has 2 rings (SSSR count). The second-order valence-corrected chi connectivity index (χ2v) is 9.18. The number of urea groups is 1. The normalized spacial score (nSPS) is 13.1. The Morgan fingerprint density at radius 2 is 1.39 bits per heavy atom. The van der Waals surface area contributed by atoms with Crippen molar-refractivity contribution >= 4 is 6.03 Å². The van der Waals surface area contributed by atoms with Crippen LogP contribution in [0.5, 0.6) is 5.75 Å². The first-order valence-electron chi connectivity index (χ1n) is 9.50. The van der Waals surface area contributed by atoms with Crippen LogP contribution in [0, 0.1) is 0 Å². The van der Waals surface area contributed by atoms with Gasteiger partial charge < -0.3 is 10.4 Å². The van der Waals surface area contributed by atoms with Crippen molar-refractivity contribution in [3.8, 4) is 5.75 Å². The molecule has 3 N–H and O–H groups in total. The van der Waals surface area contributed by atoms with E-state index >= 15 is 0 Å². The molecule has 28 heavy (non-hydrogen) atoms. The molecule has 0 heterocycles. The van der Waals surface area contributed by atoms with Crippen LogP contribution in [-0.4, -0.2) is 28.5 Å². The molecule has 5 nitrogen and oxygen atoms in total. The van der Waals surface area contributed by atoms with Gasteiger partial charge in [-0.15, -0.1) is 0 Å². The van der Waals surface area contributed by atoms with Gasteiger partial charge in [-0.2, -0.15) is 5.06 Å². The summed E-state index contributed by atoms with van der Waals surface area (Å²) >= 11 is 0. The minimum atomic E-state index is -0.705. The lowest BCUT2D eigenvalue weighted by molar-refractivity contribution is -0.0674. The molecule has 0 aliphatic rings. The molecule has 5 heteroatoms. The van der Waals surface area contributed by atoms with Crippen molar-refractivity contribution in [3.05, 3.63) is 64.7 Å². The SMILES string of the molecule is CNC(=O)N(O)C(c1ccccc1)c1cc(C(C)(C)C)c(O)c(C(C)(C)C)c1. The number of carbonyl (C=O) groups excluding carboxylic acids is 1. The highest BCUT2D eigenvalue weighted by Crippen LogP contribution is 2.42. The van der Waals surface area contributed by atoms with E-state index in [1.807, 2.05) is 84.0 Å². The average Bonchev–Trinajstić information content (AvgIpc) is 2.61. The van der Waals surface area contributed by atoms with Gasteiger partial charge >= 0.3 is 6.03 Å². The Morgan fingerprint density at radius 3 is 1.79 bits per heavy atom. The summed E-state index contributed by atoms with van der Waals surface area (Å²) < 4.78 is 0. The number of nitrogens with zero attached hydrogens (tertiary/aromatic N) is 1. The van der Waals surface area contributed by atoms with Crippen LogP contribution in [0.4, 0.5) is 4.79 Å². The molecule has 0 radical (unpaired) electrons. The number of nitrogens with one attached hydrogen (secondary N) is 1. The standard InChI is InChI=1S/C23H32N2O3/c1-22(2,3)17-13-16(14-18(20(17)26)23(4,5)6)19(25(28)21(27)24-7)15-11-9-8-10-12-15/h8-14,19,26,28H,1-7H3,(H,24,27). The maximum absolute atomic E-state index is 12.2. The number of amides is 2. The predicted octanol–water partition coefficient (Wildman–Crippen LogP) is 5.11. The summed E-state index contributed by atoms with van der Waals surface area (Å²) in [5, 5.41) is 24.9. The molecule has 1 atom stereocenters. The second-order valence-electron chi connectivity index (χ2n) is 9.18. The molecule has 2 aromatic rings. The van der Waals surface area contributed by atoms with E-state index in [-0.39, 0.29) is 16.6 Å².